The Morgan fingerprint density at radius 2 is 1.76 bits per heavy atom. The largest absolute Gasteiger partial charge is 0.508 e. The molecule has 2 aromatic rings. The van der Waals surface area contributed by atoms with Gasteiger partial charge in [-0.3, -0.25) is 0 Å². The third-order valence-corrected chi connectivity index (χ3v) is 10.9. The van der Waals surface area contributed by atoms with Crippen molar-refractivity contribution < 1.29 is 5.11 Å². The number of phenols is 1. The molecule has 3 unspecified atom stereocenters. The summed E-state index contributed by atoms with van der Waals surface area (Å²) < 4.78 is 0. The van der Waals surface area contributed by atoms with Crippen LogP contribution in [0.25, 0.3) is 0 Å². The van der Waals surface area contributed by atoms with E-state index in [4.69, 9.17) is 12.2 Å². The molecule has 1 fully saturated rings. The van der Waals surface area contributed by atoms with Crippen molar-refractivity contribution in [3.63, 3.8) is 0 Å². The van der Waals surface area contributed by atoms with Crippen LogP contribution in [0.4, 0.5) is 0 Å². The van der Waals surface area contributed by atoms with Crippen molar-refractivity contribution in [3.05, 3.63) is 60.2 Å². The normalized spacial score (nSPS) is 26.7. The maximum absolute atomic E-state index is 10.2. The first-order valence-electron chi connectivity index (χ1n) is 7.57. The molecule has 1 N–H and O–H groups in total. The number of benzene rings is 2. The molecule has 1 aliphatic heterocycles. The van der Waals surface area contributed by atoms with Crippen LogP contribution in [0.2, 0.25) is 0 Å². The molecule has 0 aromatic heterocycles. The van der Waals surface area contributed by atoms with Gasteiger partial charge in [-0.1, -0.05) is 55.5 Å². The highest BCUT2D eigenvalue weighted by molar-refractivity contribution is 8.56. The molecular formula is C18H22OPS. The number of rotatable bonds is 3. The highest BCUT2D eigenvalue weighted by Gasteiger charge is 2.42. The number of thiol groups is 1. The van der Waals surface area contributed by atoms with Crippen LogP contribution in [0.15, 0.2) is 54.6 Å². The summed E-state index contributed by atoms with van der Waals surface area (Å²) in [7, 11) is 0. The summed E-state index contributed by atoms with van der Waals surface area (Å²) in [5.74, 6) is 0.768. The number of hydrogen-bond acceptors (Lipinski definition) is 2. The van der Waals surface area contributed by atoms with Crippen molar-refractivity contribution in [2.45, 2.75) is 31.3 Å². The second-order valence-electron chi connectivity index (χ2n) is 5.94. The highest BCUT2D eigenvalue weighted by Crippen LogP contribution is 2.74. The van der Waals surface area contributed by atoms with E-state index < -0.39 is 6.46 Å². The molecule has 1 radical (unpaired) electrons. The molecular weight excluding hydrogens is 295 g/mol. The topological polar surface area (TPSA) is 20.2 Å². The molecule has 1 nitrogen and oxygen atoms in total. The molecule has 0 spiro atoms. The van der Waals surface area contributed by atoms with Crippen LogP contribution in [0, 0.1) is 0 Å². The summed E-state index contributed by atoms with van der Waals surface area (Å²) in [4.78, 5) is 0. The third kappa shape index (κ3) is 2.72. The van der Waals surface area contributed by atoms with Crippen molar-refractivity contribution >= 4 is 24.0 Å². The van der Waals surface area contributed by atoms with Crippen molar-refractivity contribution in [1.82, 2.24) is 0 Å². The van der Waals surface area contributed by atoms with Gasteiger partial charge in [0.05, 0.1) is 0 Å². The van der Waals surface area contributed by atoms with E-state index in [1.165, 1.54) is 24.3 Å². The van der Waals surface area contributed by atoms with Gasteiger partial charge in [0.15, 0.2) is 0 Å². The van der Waals surface area contributed by atoms with Gasteiger partial charge in [-0.25, -0.2) is 0 Å². The van der Waals surface area contributed by atoms with E-state index in [0.717, 1.165) is 5.56 Å². The van der Waals surface area contributed by atoms with E-state index in [-0.39, 0.29) is 0 Å². The zero-order valence-corrected chi connectivity index (χ0v) is 14.1. The van der Waals surface area contributed by atoms with Crippen LogP contribution >= 0.6 is 18.7 Å². The van der Waals surface area contributed by atoms with Gasteiger partial charge in [0, 0.05) is 0 Å². The number of para-hydroxylation sites is 1. The Bertz CT molecular complexity index is 616. The first-order valence-corrected chi connectivity index (χ1v) is 10.8. The Hall–Kier alpha value is -0.980. The fourth-order valence-corrected chi connectivity index (χ4v) is 9.23. The summed E-state index contributed by atoms with van der Waals surface area (Å²) in [6.45, 7) is 0.808. The van der Waals surface area contributed by atoms with Gasteiger partial charge in [0.1, 0.15) is 5.75 Å². The van der Waals surface area contributed by atoms with E-state index >= 15 is 0 Å². The Morgan fingerprint density at radius 1 is 1.10 bits per heavy atom. The minimum Gasteiger partial charge on any atom is -0.508 e. The molecule has 1 saturated heterocycles. The molecule has 111 valence electrons. The van der Waals surface area contributed by atoms with Crippen LogP contribution < -0.4 is 5.30 Å². The second kappa shape index (κ2) is 6.02. The van der Waals surface area contributed by atoms with Gasteiger partial charge in [0.25, 0.3) is 0 Å². The van der Waals surface area contributed by atoms with Gasteiger partial charge in [-0.05, 0) is 54.0 Å². The lowest BCUT2D eigenvalue weighted by molar-refractivity contribution is 0.461. The number of phenolic OH excluding ortho intramolecular Hbond substituents is 1. The molecule has 3 heteroatoms. The molecule has 1 aliphatic rings. The van der Waals surface area contributed by atoms with Gasteiger partial charge in [0.2, 0.25) is 0 Å². The first-order chi connectivity index (χ1) is 10.1. The maximum atomic E-state index is 10.2. The predicted octanol–water partition coefficient (Wildman–Crippen LogP) is 4.85. The minimum atomic E-state index is -1.44. The van der Waals surface area contributed by atoms with E-state index in [1.54, 1.807) is 6.07 Å². The number of aromatic hydroxyl groups is 1. The minimum absolute atomic E-state index is 0.347. The first kappa shape index (κ1) is 14.9. The van der Waals surface area contributed by atoms with Crippen molar-refractivity contribution in [2.24, 2.45) is 0 Å². The van der Waals surface area contributed by atoms with Crippen LogP contribution in [0.1, 0.15) is 31.2 Å². The van der Waals surface area contributed by atoms with Gasteiger partial charge < -0.3 is 5.11 Å². The van der Waals surface area contributed by atoms with E-state index in [1.807, 2.05) is 12.1 Å². The molecule has 3 rings (SSSR count). The van der Waals surface area contributed by atoms with Gasteiger partial charge in [-0.15, -0.1) is 0 Å². The lowest BCUT2D eigenvalue weighted by Gasteiger charge is -2.37. The Labute approximate surface area is 132 Å². The molecule has 1 heterocycles. The summed E-state index contributed by atoms with van der Waals surface area (Å²) in [5.41, 5.74) is 1.62. The second-order valence-corrected chi connectivity index (χ2v) is 11.4. The zero-order valence-electron chi connectivity index (χ0n) is 12.3. The smallest absolute Gasteiger partial charge is 0.119 e. The predicted molar refractivity (Wildman–Crippen MR) is 96.4 cm³/mol. The van der Waals surface area contributed by atoms with E-state index in [2.05, 4.69) is 43.3 Å². The Morgan fingerprint density at radius 3 is 2.48 bits per heavy atom. The van der Waals surface area contributed by atoms with Gasteiger partial charge in [-0.2, -0.15) is 12.2 Å². The van der Waals surface area contributed by atoms with E-state index in [9.17, 15) is 5.11 Å². The van der Waals surface area contributed by atoms with Crippen LogP contribution in [-0.2, 0) is 0 Å². The van der Waals surface area contributed by atoms with Crippen molar-refractivity contribution in [1.29, 1.82) is 0 Å². The monoisotopic (exact) mass is 317 g/mol. The Kier molecular flexibility index (Phi) is 4.28. The lowest BCUT2D eigenvalue weighted by Crippen LogP contribution is -2.21. The zero-order chi connectivity index (χ0) is 14.9. The van der Waals surface area contributed by atoms with Crippen molar-refractivity contribution in [2.75, 3.05) is 6.16 Å². The summed E-state index contributed by atoms with van der Waals surface area (Å²) in [6, 6.07) is 18.5. The standard InChI is InChI=1S/C18H22OPS/c1-14(16-10-5-6-11-17(16)19)18-12-7-13-20(18,21)15-8-3-2-4-9-15/h2-6,8-11,14,18-19,21H,7,12-13H2,1H3. The van der Waals surface area contributed by atoms with E-state index in [0.29, 0.717) is 17.3 Å². The quantitative estimate of drug-likeness (QED) is 0.613. The molecule has 0 saturated carbocycles. The highest BCUT2D eigenvalue weighted by atomic mass is 32.7. The molecule has 2 aromatic carbocycles. The lowest BCUT2D eigenvalue weighted by atomic mass is 9.94. The summed E-state index contributed by atoms with van der Waals surface area (Å²) in [6.07, 6.45) is 3.67. The molecule has 0 bridgehead atoms. The Balaban J connectivity index is 1.96. The molecule has 21 heavy (non-hydrogen) atoms. The molecule has 3 atom stereocenters. The van der Waals surface area contributed by atoms with Crippen LogP contribution in [-0.4, -0.2) is 16.9 Å². The average Bonchev–Trinajstić information content (AvgIpc) is 2.91. The van der Waals surface area contributed by atoms with Gasteiger partial charge >= 0.3 is 0 Å². The fraction of sp³-hybridized carbons (Fsp3) is 0.333. The summed E-state index contributed by atoms with van der Waals surface area (Å²) in [5, 5.41) is 11.6. The van der Waals surface area contributed by atoms with Crippen molar-refractivity contribution in [3.8, 4) is 5.75 Å². The maximum Gasteiger partial charge on any atom is 0.119 e. The average molecular weight is 317 g/mol. The number of hydrogen-bond donors (Lipinski definition) is 2. The SMILES string of the molecule is CC(c1ccccc1O)C1CCC[P]1(S)c1ccccc1. The van der Waals surface area contributed by atoms with Crippen LogP contribution in [0.3, 0.4) is 0 Å². The molecule has 0 amide bonds. The third-order valence-electron chi connectivity index (χ3n) is 4.76. The van der Waals surface area contributed by atoms with Crippen LogP contribution in [0.5, 0.6) is 5.75 Å². The molecule has 0 aliphatic carbocycles. The summed E-state index contributed by atoms with van der Waals surface area (Å²) >= 11 is 5.22. The fourth-order valence-electron chi connectivity index (χ4n) is 3.63.